The van der Waals surface area contributed by atoms with Gasteiger partial charge in [0.1, 0.15) is 11.9 Å². The van der Waals surface area contributed by atoms with Gasteiger partial charge in [0.25, 0.3) is 0 Å². The number of hydrogen-bond donors (Lipinski definition) is 1. The lowest BCUT2D eigenvalue weighted by atomic mass is 9.93. The van der Waals surface area contributed by atoms with Crippen LogP contribution >= 0.6 is 0 Å². The Morgan fingerprint density at radius 3 is 2.53 bits per heavy atom. The number of aliphatic hydroxyl groups excluding tert-OH is 1. The molecule has 0 bridgehead atoms. The van der Waals surface area contributed by atoms with Crippen LogP contribution in [-0.2, 0) is 4.74 Å². The van der Waals surface area contributed by atoms with Gasteiger partial charge in [-0.05, 0) is 39.8 Å². The molecule has 1 N–H and O–H groups in total. The first-order valence-electron chi connectivity index (χ1n) is 5.89. The van der Waals surface area contributed by atoms with E-state index in [0.29, 0.717) is 12.4 Å². The quantitative estimate of drug-likeness (QED) is 0.857. The van der Waals surface area contributed by atoms with Crippen molar-refractivity contribution in [1.29, 1.82) is 0 Å². The predicted molar refractivity (Wildman–Crippen MR) is 68.4 cm³/mol. The second-order valence-corrected chi connectivity index (χ2v) is 4.68. The molecule has 0 spiro atoms. The van der Waals surface area contributed by atoms with Gasteiger partial charge in [-0.1, -0.05) is 11.6 Å². The van der Waals surface area contributed by atoms with Gasteiger partial charge < -0.3 is 14.6 Å². The molecule has 0 radical (unpaired) electrons. The minimum absolute atomic E-state index is 0.568. The molecule has 0 aromatic heterocycles. The summed E-state index contributed by atoms with van der Waals surface area (Å²) in [5.74, 6) is 0.691. The largest absolute Gasteiger partial charge is 0.496 e. The first kappa shape index (κ1) is 14.0. The van der Waals surface area contributed by atoms with Crippen LogP contribution in [0.15, 0.2) is 18.2 Å². The standard InChI is InChI=1S/C14H22O3/c1-6-17-14(3,4)13(15)11-9-10(2)7-8-12(11)16-5/h7-9,13,15H,6H2,1-5H3. The Morgan fingerprint density at radius 2 is 2.00 bits per heavy atom. The Morgan fingerprint density at radius 1 is 1.35 bits per heavy atom. The minimum Gasteiger partial charge on any atom is -0.496 e. The topological polar surface area (TPSA) is 38.7 Å². The van der Waals surface area contributed by atoms with E-state index in [1.807, 2.05) is 45.9 Å². The van der Waals surface area contributed by atoms with Gasteiger partial charge in [-0.15, -0.1) is 0 Å². The fourth-order valence-electron chi connectivity index (χ4n) is 1.89. The molecule has 96 valence electrons. The van der Waals surface area contributed by atoms with Gasteiger partial charge in [0.05, 0.1) is 12.7 Å². The van der Waals surface area contributed by atoms with Crippen molar-refractivity contribution < 1.29 is 14.6 Å². The summed E-state index contributed by atoms with van der Waals surface area (Å²) in [4.78, 5) is 0. The summed E-state index contributed by atoms with van der Waals surface area (Å²) in [5.41, 5.74) is 1.23. The van der Waals surface area contributed by atoms with E-state index < -0.39 is 11.7 Å². The number of rotatable bonds is 5. The summed E-state index contributed by atoms with van der Waals surface area (Å²) < 4.78 is 10.9. The van der Waals surface area contributed by atoms with Crippen LogP contribution < -0.4 is 4.74 Å². The highest BCUT2D eigenvalue weighted by molar-refractivity contribution is 5.39. The Labute approximate surface area is 103 Å². The molecule has 1 aromatic carbocycles. The average Bonchev–Trinajstić information content (AvgIpc) is 2.28. The van der Waals surface area contributed by atoms with Gasteiger partial charge in [-0.25, -0.2) is 0 Å². The van der Waals surface area contributed by atoms with E-state index in [1.165, 1.54) is 0 Å². The van der Waals surface area contributed by atoms with Crippen LogP contribution in [0.1, 0.15) is 38.0 Å². The highest BCUT2D eigenvalue weighted by Crippen LogP contribution is 2.34. The maximum Gasteiger partial charge on any atom is 0.124 e. The van der Waals surface area contributed by atoms with E-state index in [9.17, 15) is 5.11 Å². The van der Waals surface area contributed by atoms with E-state index in [1.54, 1.807) is 7.11 Å². The molecule has 0 saturated carbocycles. The molecule has 0 fully saturated rings. The lowest BCUT2D eigenvalue weighted by Gasteiger charge is -2.31. The molecule has 0 aliphatic rings. The van der Waals surface area contributed by atoms with Gasteiger partial charge >= 0.3 is 0 Å². The van der Waals surface area contributed by atoms with Crippen molar-refractivity contribution >= 4 is 0 Å². The van der Waals surface area contributed by atoms with Crippen molar-refractivity contribution in [3.05, 3.63) is 29.3 Å². The third-order valence-electron chi connectivity index (χ3n) is 2.85. The van der Waals surface area contributed by atoms with Gasteiger partial charge in [0, 0.05) is 12.2 Å². The second kappa shape index (κ2) is 5.52. The number of methoxy groups -OCH3 is 1. The van der Waals surface area contributed by atoms with Crippen LogP contribution in [0, 0.1) is 6.92 Å². The summed E-state index contributed by atoms with van der Waals surface area (Å²) in [6.07, 6.45) is -0.711. The van der Waals surface area contributed by atoms with Crippen LogP contribution in [0.4, 0.5) is 0 Å². The molecular formula is C14H22O3. The Bertz CT molecular complexity index is 372. The molecular weight excluding hydrogens is 216 g/mol. The van der Waals surface area contributed by atoms with E-state index in [0.717, 1.165) is 11.1 Å². The molecule has 17 heavy (non-hydrogen) atoms. The van der Waals surface area contributed by atoms with Crippen molar-refractivity contribution in [2.24, 2.45) is 0 Å². The average molecular weight is 238 g/mol. The van der Waals surface area contributed by atoms with Crippen molar-refractivity contribution in [2.75, 3.05) is 13.7 Å². The Kier molecular flexibility index (Phi) is 4.54. The fourth-order valence-corrected chi connectivity index (χ4v) is 1.89. The number of aryl methyl sites for hydroxylation is 1. The molecule has 3 nitrogen and oxygen atoms in total. The third kappa shape index (κ3) is 3.20. The fraction of sp³-hybridized carbons (Fsp3) is 0.571. The number of ether oxygens (including phenoxy) is 2. The van der Waals surface area contributed by atoms with Crippen molar-refractivity contribution in [3.8, 4) is 5.75 Å². The van der Waals surface area contributed by atoms with Crippen molar-refractivity contribution in [1.82, 2.24) is 0 Å². The number of hydrogen-bond acceptors (Lipinski definition) is 3. The highest BCUT2D eigenvalue weighted by atomic mass is 16.5. The van der Waals surface area contributed by atoms with Crippen molar-refractivity contribution in [3.63, 3.8) is 0 Å². The van der Waals surface area contributed by atoms with Gasteiger partial charge in [0.2, 0.25) is 0 Å². The zero-order valence-electron chi connectivity index (χ0n) is 11.3. The van der Waals surface area contributed by atoms with Crippen LogP contribution in [0.2, 0.25) is 0 Å². The van der Waals surface area contributed by atoms with E-state index in [4.69, 9.17) is 9.47 Å². The maximum absolute atomic E-state index is 10.4. The molecule has 1 rings (SSSR count). The Hall–Kier alpha value is -1.06. The normalized spacial score (nSPS) is 13.5. The zero-order valence-corrected chi connectivity index (χ0v) is 11.3. The van der Waals surface area contributed by atoms with Gasteiger partial charge in [-0.3, -0.25) is 0 Å². The molecule has 1 unspecified atom stereocenters. The minimum atomic E-state index is -0.711. The van der Waals surface area contributed by atoms with E-state index in [2.05, 4.69) is 0 Å². The SMILES string of the molecule is CCOC(C)(C)C(O)c1cc(C)ccc1OC. The van der Waals surface area contributed by atoms with Crippen LogP contribution in [0.3, 0.4) is 0 Å². The molecule has 0 saturated heterocycles. The van der Waals surface area contributed by atoms with Gasteiger partial charge in [-0.2, -0.15) is 0 Å². The monoisotopic (exact) mass is 238 g/mol. The molecule has 1 aromatic rings. The smallest absolute Gasteiger partial charge is 0.124 e. The summed E-state index contributed by atoms with van der Waals surface area (Å²) in [5, 5.41) is 10.4. The Balaban J connectivity index is 3.09. The zero-order chi connectivity index (χ0) is 13.1. The first-order valence-corrected chi connectivity index (χ1v) is 5.89. The second-order valence-electron chi connectivity index (χ2n) is 4.68. The summed E-state index contributed by atoms with van der Waals surface area (Å²) in [7, 11) is 1.61. The molecule has 0 aliphatic carbocycles. The summed E-state index contributed by atoms with van der Waals surface area (Å²) in [6.45, 7) is 8.23. The third-order valence-corrected chi connectivity index (χ3v) is 2.85. The van der Waals surface area contributed by atoms with Crippen molar-refractivity contribution in [2.45, 2.75) is 39.4 Å². The lowest BCUT2D eigenvalue weighted by Crippen LogP contribution is -2.33. The first-order chi connectivity index (χ1) is 7.92. The molecule has 3 heteroatoms. The molecule has 0 heterocycles. The van der Waals surface area contributed by atoms with E-state index in [-0.39, 0.29) is 0 Å². The van der Waals surface area contributed by atoms with Crippen LogP contribution in [0.25, 0.3) is 0 Å². The summed E-state index contributed by atoms with van der Waals surface area (Å²) in [6, 6.07) is 5.77. The van der Waals surface area contributed by atoms with Gasteiger partial charge in [0.15, 0.2) is 0 Å². The van der Waals surface area contributed by atoms with E-state index >= 15 is 0 Å². The number of aliphatic hydroxyl groups is 1. The lowest BCUT2D eigenvalue weighted by molar-refractivity contribution is -0.0989. The molecule has 0 amide bonds. The van der Waals surface area contributed by atoms with Crippen LogP contribution in [-0.4, -0.2) is 24.4 Å². The maximum atomic E-state index is 10.4. The predicted octanol–water partition coefficient (Wildman–Crippen LogP) is 2.85. The highest BCUT2D eigenvalue weighted by Gasteiger charge is 2.31. The molecule has 1 atom stereocenters. The number of benzene rings is 1. The summed E-state index contributed by atoms with van der Waals surface area (Å²) >= 11 is 0. The molecule has 0 aliphatic heterocycles. The van der Waals surface area contributed by atoms with Crippen LogP contribution in [0.5, 0.6) is 5.75 Å².